The lowest BCUT2D eigenvalue weighted by molar-refractivity contribution is 0.122. The van der Waals surface area contributed by atoms with Crippen molar-refractivity contribution in [2.24, 2.45) is 0 Å². The van der Waals surface area contributed by atoms with E-state index < -0.39 is 10.1 Å². The van der Waals surface area contributed by atoms with Crippen molar-refractivity contribution < 1.29 is 21.7 Å². The number of hydrogen-bond acceptors (Lipinski definition) is 7. The first-order valence-electron chi connectivity index (χ1n) is 7.30. The van der Waals surface area contributed by atoms with Crippen LogP contribution in [0.5, 0.6) is 0 Å². The Balaban J connectivity index is 1.75. The number of anilines is 1. The van der Waals surface area contributed by atoms with E-state index in [-0.39, 0.29) is 12.4 Å². The number of nitrogens with zero attached hydrogens (tertiary/aromatic N) is 4. The molecule has 24 heavy (non-hydrogen) atoms. The summed E-state index contributed by atoms with van der Waals surface area (Å²) in [5.41, 5.74) is 1.34. The molecular weight excluding hydrogens is 339 g/mol. The smallest absolute Gasteiger partial charge is 0.264 e. The van der Waals surface area contributed by atoms with Crippen LogP contribution in [0.1, 0.15) is 5.69 Å². The van der Waals surface area contributed by atoms with Gasteiger partial charge in [0, 0.05) is 19.2 Å². The zero-order valence-electron chi connectivity index (χ0n) is 13.1. The Morgan fingerprint density at radius 1 is 1.33 bits per heavy atom. The molecule has 1 aliphatic heterocycles. The number of halogens is 1. The van der Waals surface area contributed by atoms with Crippen LogP contribution in [-0.4, -0.2) is 56.0 Å². The number of rotatable bonds is 5. The molecule has 2 heterocycles. The van der Waals surface area contributed by atoms with Gasteiger partial charge in [-0.2, -0.15) is 8.42 Å². The fourth-order valence-corrected chi connectivity index (χ4v) is 2.69. The Kier molecular flexibility index (Phi) is 4.78. The van der Waals surface area contributed by atoms with Crippen molar-refractivity contribution in [3.05, 3.63) is 35.9 Å². The van der Waals surface area contributed by atoms with Gasteiger partial charge in [0.2, 0.25) is 0 Å². The Bertz CT molecular complexity index is 818. The van der Waals surface area contributed by atoms with Crippen LogP contribution in [-0.2, 0) is 25.6 Å². The highest BCUT2D eigenvalue weighted by atomic mass is 32.2. The van der Waals surface area contributed by atoms with Gasteiger partial charge in [-0.3, -0.25) is 4.18 Å². The van der Waals surface area contributed by atoms with E-state index in [9.17, 15) is 12.8 Å². The van der Waals surface area contributed by atoms with Gasteiger partial charge in [-0.05, 0) is 12.1 Å². The van der Waals surface area contributed by atoms with E-state index in [0.29, 0.717) is 43.4 Å². The summed E-state index contributed by atoms with van der Waals surface area (Å²) in [4.78, 5) is 1.93. The summed E-state index contributed by atoms with van der Waals surface area (Å²) < 4.78 is 47.6. The zero-order valence-corrected chi connectivity index (χ0v) is 13.9. The molecule has 8 nitrogen and oxygen atoms in total. The molecule has 1 aliphatic rings. The molecule has 0 unspecified atom stereocenters. The second-order valence-electron chi connectivity index (χ2n) is 5.36. The molecule has 130 valence electrons. The highest BCUT2D eigenvalue weighted by Crippen LogP contribution is 2.23. The third-order valence-corrected chi connectivity index (χ3v) is 4.06. The number of hydrogen-bond donors (Lipinski definition) is 0. The maximum Gasteiger partial charge on any atom is 0.264 e. The van der Waals surface area contributed by atoms with Crippen molar-refractivity contribution in [1.82, 2.24) is 15.0 Å². The summed E-state index contributed by atoms with van der Waals surface area (Å²) in [5.74, 6) is -0.362. The predicted molar refractivity (Wildman–Crippen MR) is 84.0 cm³/mol. The van der Waals surface area contributed by atoms with Gasteiger partial charge in [-0.1, -0.05) is 5.21 Å². The SMILES string of the molecule is CS(=O)(=O)OCc1cn(-c2ccc(N3CCOCC3)c(F)c2)nn1. The van der Waals surface area contributed by atoms with Crippen molar-refractivity contribution >= 4 is 15.8 Å². The van der Waals surface area contributed by atoms with Crippen LogP contribution in [0.2, 0.25) is 0 Å². The predicted octanol–water partition coefficient (Wildman–Crippen LogP) is 0.719. The van der Waals surface area contributed by atoms with Crippen molar-refractivity contribution in [2.75, 3.05) is 37.5 Å². The molecule has 0 N–H and O–H groups in total. The van der Waals surface area contributed by atoms with Crippen LogP contribution in [0.4, 0.5) is 10.1 Å². The molecule has 2 aromatic rings. The van der Waals surface area contributed by atoms with Gasteiger partial charge in [0.25, 0.3) is 10.1 Å². The molecule has 0 saturated carbocycles. The number of benzene rings is 1. The minimum absolute atomic E-state index is 0.215. The van der Waals surface area contributed by atoms with Crippen molar-refractivity contribution in [1.29, 1.82) is 0 Å². The van der Waals surface area contributed by atoms with Crippen molar-refractivity contribution in [3.8, 4) is 5.69 Å². The highest BCUT2D eigenvalue weighted by molar-refractivity contribution is 7.85. The molecular formula is C14H17FN4O4S. The molecule has 0 aliphatic carbocycles. The van der Waals surface area contributed by atoms with Gasteiger partial charge < -0.3 is 9.64 Å². The molecule has 1 aromatic carbocycles. The maximum atomic E-state index is 14.4. The van der Waals surface area contributed by atoms with Gasteiger partial charge in [-0.15, -0.1) is 5.10 Å². The summed E-state index contributed by atoms with van der Waals surface area (Å²) in [5, 5.41) is 7.67. The molecule has 3 rings (SSSR count). The Labute approximate surface area is 138 Å². The molecule has 10 heteroatoms. The first kappa shape index (κ1) is 16.8. The first-order valence-corrected chi connectivity index (χ1v) is 9.12. The molecule has 1 aromatic heterocycles. The third kappa shape index (κ3) is 4.08. The normalized spacial score (nSPS) is 15.7. The summed E-state index contributed by atoms with van der Waals surface area (Å²) in [6.45, 7) is 2.23. The fraction of sp³-hybridized carbons (Fsp3) is 0.429. The summed E-state index contributed by atoms with van der Waals surface area (Å²) in [6.07, 6.45) is 2.45. The summed E-state index contributed by atoms with van der Waals surface area (Å²) >= 11 is 0. The largest absolute Gasteiger partial charge is 0.378 e. The quantitative estimate of drug-likeness (QED) is 0.730. The molecule has 0 atom stereocenters. The number of ether oxygens (including phenoxy) is 1. The summed E-state index contributed by atoms with van der Waals surface area (Å²) in [7, 11) is -3.56. The summed E-state index contributed by atoms with van der Waals surface area (Å²) in [6, 6.07) is 4.77. The van der Waals surface area contributed by atoms with Crippen LogP contribution in [0, 0.1) is 5.82 Å². The maximum absolute atomic E-state index is 14.4. The molecule has 0 radical (unpaired) electrons. The van der Waals surface area contributed by atoms with Gasteiger partial charge >= 0.3 is 0 Å². The van der Waals surface area contributed by atoms with E-state index in [0.717, 1.165) is 6.26 Å². The second kappa shape index (κ2) is 6.83. The van der Waals surface area contributed by atoms with E-state index in [4.69, 9.17) is 4.74 Å². The highest BCUT2D eigenvalue weighted by Gasteiger charge is 2.16. The lowest BCUT2D eigenvalue weighted by Crippen LogP contribution is -2.36. The monoisotopic (exact) mass is 356 g/mol. The van der Waals surface area contributed by atoms with E-state index in [1.54, 1.807) is 12.1 Å². The van der Waals surface area contributed by atoms with Gasteiger partial charge in [0.05, 0.1) is 37.0 Å². The molecule has 1 saturated heterocycles. The van der Waals surface area contributed by atoms with Crippen molar-refractivity contribution in [2.45, 2.75) is 6.61 Å². The van der Waals surface area contributed by atoms with Crippen molar-refractivity contribution in [3.63, 3.8) is 0 Å². The molecule has 1 fully saturated rings. The zero-order chi connectivity index (χ0) is 17.2. The Morgan fingerprint density at radius 2 is 2.08 bits per heavy atom. The Morgan fingerprint density at radius 3 is 2.75 bits per heavy atom. The Hall–Kier alpha value is -2.04. The van der Waals surface area contributed by atoms with Crippen LogP contribution in [0.15, 0.2) is 24.4 Å². The van der Waals surface area contributed by atoms with Gasteiger partial charge in [0.1, 0.15) is 18.1 Å². The average molecular weight is 356 g/mol. The lowest BCUT2D eigenvalue weighted by Gasteiger charge is -2.29. The van der Waals surface area contributed by atoms with Crippen LogP contribution >= 0.6 is 0 Å². The molecule has 0 bridgehead atoms. The minimum Gasteiger partial charge on any atom is -0.378 e. The van der Waals surface area contributed by atoms with Crippen LogP contribution in [0.3, 0.4) is 0 Å². The second-order valence-corrected chi connectivity index (χ2v) is 7.00. The molecule has 0 amide bonds. The van der Waals surface area contributed by atoms with E-state index in [1.807, 2.05) is 4.90 Å². The lowest BCUT2D eigenvalue weighted by atomic mass is 10.2. The molecule has 0 spiro atoms. The standard InChI is InChI=1S/C14H17FN4O4S/c1-24(20,21)23-10-11-9-19(17-16-11)12-2-3-14(13(15)8-12)18-4-6-22-7-5-18/h2-3,8-9H,4-7,10H2,1H3. The van der Waals surface area contributed by atoms with E-state index >= 15 is 0 Å². The fourth-order valence-electron chi connectivity index (χ4n) is 2.36. The van der Waals surface area contributed by atoms with Crippen LogP contribution < -0.4 is 4.90 Å². The number of morpholine rings is 1. The van der Waals surface area contributed by atoms with Gasteiger partial charge in [-0.25, -0.2) is 9.07 Å². The topological polar surface area (TPSA) is 86.6 Å². The van der Waals surface area contributed by atoms with Crippen LogP contribution in [0.25, 0.3) is 5.69 Å². The minimum atomic E-state index is -3.56. The van der Waals surface area contributed by atoms with E-state index in [1.165, 1.54) is 16.9 Å². The third-order valence-electron chi connectivity index (χ3n) is 3.51. The first-order chi connectivity index (χ1) is 11.4. The number of aromatic nitrogens is 3. The van der Waals surface area contributed by atoms with E-state index in [2.05, 4.69) is 14.5 Å². The van der Waals surface area contributed by atoms with Gasteiger partial charge in [0.15, 0.2) is 0 Å². The average Bonchev–Trinajstić information content (AvgIpc) is 3.02.